The van der Waals surface area contributed by atoms with Crippen LogP contribution in [0, 0.1) is 0 Å². The van der Waals surface area contributed by atoms with E-state index in [0.29, 0.717) is 21.3 Å². The van der Waals surface area contributed by atoms with E-state index in [1.807, 2.05) is 0 Å². The summed E-state index contributed by atoms with van der Waals surface area (Å²) in [4.78, 5) is 29.2. The molecule has 0 spiro atoms. The molecule has 0 aliphatic heterocycles. The molecule has 0 unspecified atom stereocenters. The number of alkyl halides is 3. The number of rotatable bonds is 7. The molecule has 7 nitrogen and oxygen atoms in total. The highest BCUT2D eigenvalue weighted by atomic mass is 79.9. The molecule has 0 saturated carbocycles. The van der Waals surface area contributed by atoms with Crippen LogP contribution in [0.4, 0.5) is 13.2 Å². The lowest BCUT2D eigenvalue weighted by molar-refractivity contribution is -0.145. The van der Waals surface area contributed by atoms with Gasteiger partial charge in [0.15, 0.2) is 12.4 Å². The maximum absolute atomic E-state index is 13.3. The molecule has 0 aliphatic carbocycles. The van der Waals surface area contributed by atoms with E-state index in [1.165, 1.54) is 18.3 Å². The van der Waals surface area contributed by atoms with E-state index in [1.54, 1.807) is 49.4 Å². The van der Waals surface area contributed by atoms with Crippen molar-refractivity contribution in [3.05, 3.63) is 92.7 Å². The summed E-state index contributed by atoms with van der Waals surface area (Å²) >= 11 is 3.36. The van der Waals surface area contributed by atoms with Gasteiger partial charge in [0, 0.05) is 5.56 Å². The average molecular weight is 574 g/mol. The molecule has 0 amide bonds. The molecule has 0 radical (unpaired) electrons. The molecule has 0 bridgehead atoms. The van der Waals surface area contributed by atoms with Gasteiger partial charge in [0.2, 0.25) is 0 Å². The molecule has 0 N–H and O–H groups in total. The van der Waals surface area contributed by atoms with Gasteiger partial charge < -0.3 is 9.47 Å². The lowest BCUT2D eigenvalue weighted by atomic mass is 10.1. The van der Waals surface area contributed by atoms with Gasteiger partial charge in [0.25, 0.3) is 5.56 Å². The number of carbonyl (C=O) groups excluding carboxylic acids is 1. The summed E-state index contributed by atoms with van der Waals surface area (Å²) in [6, 6.07) is 16.0. The number of benzene rings is 3. The number of esters is 1. The third-order valence-corrected chi connectivity index (χ3v) is 5.75. The summed E-state index contributed by atoms with van der Waals surface area (Å²) in [5.74, 6) is -0.163. The predicted molar refractivity (Wildman–Crippen MR) is 136 cm³/mol. The van der Waals surface area contributed by atoms with Crippen LogP contribution in [0.3, 0.4) is 0 Å². The Labute approximate surface area is 217 Å². The van der Waals surface area contributed by atoms with Crippen molar-refractivity contribution in [3.8, 4) is 17.1 Å². The highest BCUT2D eigenvalue weighted by Crippen LogP contribution is 2.32. The normalized spacial score (nSPS) is 11.7. The van der Waals surface area contributed by atoms with Crippen molar-refractivity contribution in [2.75, 3.05) is 13.2 Å². The van der Waals surface area contributed by atoms with Crippen LogP contribution in [0.5, 0.6) is 5.75 Å². The van der Waals surface area contributed by atoms with Gasteiger partial charge >= 0.3 is 12.1 Å². The van der Waals surface area contributed by atoms with Crippen LogP contribution in [0.25, 0.3) is 22.3 Å². The maximum atomic E-state index is 13.3. The molecule has 4 rings (SSSR count). The Bertz CT molecular complexity index is 1550. The standard InChI is InChI=1S/C26H19BrF3N3O4/c1-2-36-23(34)15-37-22-11-10-16(12-20(22)27)14-31-33-24(17-6-5-7-18(13-17)26(28,29)30)32-21-9-4-3-8-19(21)25(33)35/h3-14H,2,15H2,1H3. The Kier molecular flexibility index (Phi) is 7.72. The van der Waals surface area contributed by atoms with Crippen molar-refractivity contribution in [2.45, 2.75) is 13.1 Å². The smallest absolute Gasteiger partial charge is 0.416 e. The lowest BCUT2D eigenvalue weighted by Crippen LogP contribution is -2.20. The molecule has 11 heteroatoms. The van der Waals surface area contributed by atoms with E-state index in [4.69, 9.17) is 9.47 Å². The van der Waals surface area contributed by atoms with Gasteiger partial charge in [-0.25, -0.2) is 9.78 Å². The second-order valence-corrected chi connectivity index (χ2v) is 8.53. The van der Waals surface area contributed by atoms with E-state index in [-0.39, 0.29) is 30.0 Å². The van der Waals surface area contributed by atoms with E-state index >= 15 is 0 Å². The third-order valence-electron chi connectivity index (χ3n) is 5.13. The summed E-state index contributed by atoms with van der Waals surface area (Å²) in [5, 5.41) is 4.53. The van der Waals surface area contributed by atoms with Crippen molar-refractivity contribution in [3.63, 3.8) is 0 Å². The molecule has 1 aromatic heterocycles. The summed E-state index contributed by atoms with van der Waals surface area (Å²) in [6.07, 6.45) is -3.19. The summed E-state index contributed by atoms with van der Waals surface area (Å²) in [7, 11) is 0. The van der Waals surface area contributed by atoms with Crippen LogP contribution >= 0.6 is 15.9 Å². The first-order chi connectivity index (χ1) is 17.7. The van der Waals surface area contributed by atoms with E-state index in [2.05, 4.69) is 26.0 Å². The van der Waals surface area contributed by atoms with Crippen molar-refractivity contribution in [1.29, 1.82) is 0 Å². The fourth-order valence-electron chi connectivity index (χ4n) is 3.43. The van der Waals surface area contributed by atoms with E-state index in [9.17, 15) is 22.8 Å². The highest BCUT2D eigenvalue weighted by molar-refractivity contribution is 9.10. The first-order valence-corrected chi connectivity index (χ1v) is 11.8. The van der Waals surface area contributed by atoms with Crippen LogP contribution in [0.15, 0.2) is 81.1 Å². The Hall–Kier alpha value is -3.99. The molecular weight excluding hydrogens is 555 g/mol. The Balaban J connectivity index is 1.74. The molecule has 0 fully saturated rings. The van der Waals surface area contributed by atoms with E-state index < -0.39 is 23.3 Å². The molecule has 4 aromatic rings. The zero-order valence-corrected chi connectivity index (χ0v) is 20.9. The Morgan fingerprint density at radius 3 is 2.62 bits per heavy atom. The van der Waals surface area contributed by atoms with Crippen molar-refractivity contribution >= 4 is 39.0 Å². The molecule has 3 aromatic carbocycles. The number of hydrogen-bond donors (Lipinski definition) is 0. The van der Waals surface area contributed by atoms with Gasteiger partial charge in [-0.3, -0.25) is 4.79 Å². The number of aromatic nitrogens is 2. The number of para-hydroxylation sites is 1. The van der Waals surface area contributed by atoms with E-state index in [0.717, 1.165) is 16.8 Å². The number of carbonyl (C=O) groups is 1. The summed E-state index contributed by atoms with van der Waals surface area (Å²) < 4.78 is 51.7. The monoisotopic (exact) mass is 573 g/mol. The number of halogens is 4. The number of nitrogens with zero attached hydrogens (tertiary/aromatic N) is 3. The average Bonchev–Trinajstić information content (AvgIpc) is 2.87. The molecular formula is C26H19BrF3N3O4. The van der Waals surface area contributed by atoms with Gasteiger partial charge in [0.1, 0.15) is 5.75 Å². The maximum Gasteiger partial charge on any atom is 0.416 e. The van der Waals surface area contributed by atoms with Crippen molar-refractivity contribution in [2.24, 2.45) is 5.10 Å². The molecule has 0 aliphatic rings. The minimum absolute atomic E-state index is 0.0421. The molecule has 37 heavy (non-hydrogen) atoms. The fourth-order valence-corrected chi connectivity index (χ4v) is 3.94. The Morgan fingerprint density at radius 1 is 1.11 bits per heavy atom. The molecule has 0 saturated heterocycles. The number of ether oxygens (including phenoxy) is 2. The van der Waals surface area contributed by atoms with Crippen LogP contribution in [0.1, 0.15) is 18.1 Å². The van der Waals surface area contributed by atoms with Gasteiger partial charge in [-0.2, -0.15) is 22.9 Å². The van der Waals surface area contributed by atoms with Crippen molar-refractivity contribution < 1.29 is 27.4 Å². The SMILES string of the molecule is CCOC(=O)COc1ccc(C=Nn2c(-c3cccc(C(F)(F)F)c3)nc3ccccc3c2=O)cc1Br. The molecule has 190 valence electrons. The van der Waals surface area contributed by atoms with Gasteiger partial charge in [0.05, 0.1) is 33.8 Å². The first-order valence-electron chi connectivity index (χ1n) is 11.0. The van der Waals surface area contributed by atoms with Crippen LogP contribution in [0.2, 0.25) is 0 Å². The molecule has 1 heterocycles. The quantitative estimate of drug-likeness (QED) is 0.210. The number of fused-ring (bicyclic) bond motifs is 1. The lowest BCUT2D eigenvalue weighted by Gasteiger charge is -2.12. The van der Waals surface area contributed by atoms with Crippen molar-refractivity contribution in [1.82, 2.24) is 9.66 Å². The van der Waals surface area contributed by atoms with Crippen LogP contribution < -0.4 is 10.3 Å². The molecule has 0 atom stereocenters. The number of hydrogen-bond acceptors (Lipinski definition) is 6. The van der Waals surface area contributed by atoms with Gasteiger partial charge in [-0.05, 0) is 70.9 Å². The van der Waals surface area contributed by atoms with Gasteiger partial charge in [-0.1, -0.05) is 24.3 Å². The highest BCUT2D eigenvalue weighted by Gasteiger charge is 2.31. The largest absolute Gasteiger partial charge is 0.481 e. The first kappa shape index (κ1) is 26.1. The topological polar surface area (TPSA) is 82.8 Å². The second kappa shape index (κ2) is 11.0. The fraction of sp³-hybridized carbons (Fsp3) is 0.154. The second-order valence-electron chi connectivity index (χ2n) is 7.68. The minimum Gasteiger partial charge on any atom is -0.481 e. The third kappa shape index (κ3) is 6.05. The Morgan fingerprint density at radius 2 is 1.89 bits per heavy atom. The predicted octanol–water partition coefficient (Wildman–Crippen LogP) is 5.67. The minimum atomic E-state index is -4.56. The zero-order chi connectivity index (χ0) is 26.6. The van der Waals surface area contributed by atoms with Crippen LogP contribution in [-0.4, -0.2) is 35.1 Å². The van der Waals surface area contributed by atoms with Crippen LogP contribution in [-0.2, 0) is 15.7 Å². The summed E-state index contributed by atoms with van der Waals surface area (Å²) in [5.41, 5.74) is -0.450. The van der Waals surface area contributed by atoms with Gasteiger partial charge in [-0.15, -0.1) is 0 Å². The zero-order valence-electron chi connectivity index (χ0n) is 19.3. The summed E-state index contributed by atoms with van der Waals surface area (Å²) in [6.45, 7) is 1.67.